The molecule has 0 aliphatic heterocycles. The Kier molecular flexibility index (Phi) is 6.17. The molecule has 4 aromatic rings. The SMILES string of the molecule is O=Nc1ccccc1Cc1cccc(Cc2cccc(Cc3ccccc3O)c2O)c1O. The molecule has 0 saturated heterocycles. The number of rotatable bonds is 7. The molecule has 0 saturated carbocycles. The van der Waals surface area contributed by atoms with E-state index in [-0.39, 0.29) is 17.2 Å². The van der Waals surface area contributed by atoms with Crippen LogP contribution in [-0.2, 0) is 19.3 Å². The summed E-state index contributed by atoms with van der Waals surface area (Å²) in [4.78, 5) is 11.1. The molecule has 3 N–H and O–H groups in total. The molecule has 0 aliphatic rings. The topological polar surface area (TPSA) is 90.1 Å². The molecule has 4 rings (SSSR count). The van der Waals surface area contributed by atoms with E-state index in [1.165, 1.54) is 0 Å². The van der Waals surface area contributed by atoms with E-state index >= 15 is 0 Å². The van der Waals surface area contributed by atoms with Crippen LogP contribution in [0.15, 0.2) is 90.1 Å². The molecular weight excluding hydrogens is 402 g/mol. The Morgan fingerprint density at radius 2 is 0.906 bits per heavy atom. The summed E-state index contributed by atoms with van der Waals surface area (Å²) >= 11 is 0. The first kappa shape index (κ1) is 21.1. The van der Waals surface area contributed by atoms with Gasteiger partial charge in [-0.2, -0.15) is 0 Å². The summed E-state index contributed by atoms with van der Waals surface area (Å²) in [6.07, 6.45) is 1.11. The average molecular weight is 425 g/mol. The molecule has 5 nitrogen and oxygen atoms in total. The molecule has 0 atom stereocenters. The van der Waals surface area contributed by atoms with Crippen LogP contribution in [0, 0.1) is 4.91 Å². The van der Waals surface area contributed by atoms with Gasteiger partial charge in [-0.1, -0.05) is 72.8 Å². The fourth-order valence-electron chi connectivity index (χ4n) is 3.88. The summed E-state index contributed by atoms with van der Waals surface area (Å²) < 4.78 is 0. The zero-order chi connectivity index (χ0) is 22.5. The number of benzene rings is 4. The summed E-state index contributed by atoms with van der Waals surface area (Å²) in [5.74, 6) is 0.475. The first-order valence-electron chi connectivity index (χ1n) is 10.3. The van der Waals surface area contributed by atoms with Crippen LogP contribution in [0.2, 0.25) is 0 Å². The van der Waals surface area contributed by atoms with Crippen molar-refractivity contribution in [3.05, 3.63) is 123 Å². The van der Waals surface area contributed by atoms with E-state index in [1.54, 1.807) is 24.3 Å². The summed E-state index contributed by atoms with van der Waals surface area (Å²) in [5, 5.41) is 34.9. The van der Waals surface area contributed by atoms with Crippen molar-refractivity contribution >= 4 is 5.69 Å². The van der Waals surface area contributed by atoms with Gasteiger partial charge in [0, 0.05) is 19.3 Å². The van der Waals surface area contributed by atoms with E-state index in [9.17, 15) is 20.2 Å². The summed E-state index contributed by atoms with van der Waals surface area (Å²) in [5.41, 5.74) is 4.56. The van der Waals surface area contributed by atoms with Crippen molar-refractivity contribution in [1.29, 1.82) is 0 Å². The fourth-order valence-corrected chi connectivity index (χ4v) is 3.88. The lowest BCUT2D eigenvalue weighted by Crippen LogP contribution is -1.97. The third-order valence-electron chi connectivity index (χ3n) is 5.63. The Hall–Kier alpha value is -4.12. The Bertz CT molecular complexity index is 1270. The Balaban J connectivity index is 1.60. The number of phenols is 3. The molecule has 32 heavy (non-hydrogen) atoms. The maximum atomic E-state index is 11.1. The van der Waals surface area contributed by atoms with Gasteiger partial charge in [0.25, 0.3) is 0 Å². The van der Waals surface area contributed by atoms with Crippen molar-refractivity contribution in [2.45, 2.75) is 19.3 Å². The van der Waals surface area contributed by atoms with Gasteiger partial charge >= 0.3 is 0 Å². The van der Waals surface area contributed by atoms with Gasteiger partial charge in [-0.25, -0.2) is 0 Å². The van der Waals surface area contributed by atoms with E-state index in [1.807, 2.05) is 60.7 Å². The van der Waals surface area contributed by atoms with Crippen LogP contribution in [0.4, 0.5) is 5.69 Å². The smallest absolute Gasteiger partial charge is 0.122 e. The fraction of sp³-hybridized carbons (Fsp3) is 0.111. The van der Waals surface area contributed by atoms with Gasteiger partial charge in [0.15, 0.2) is 0 Å². The van der Waals surface area contributed by atoms with Crippen LogP contribution in [-0.4, -0.2) is 15.3 Å². The van der Waals surface area contributed by atoms with Crippen molar-refractivity contribution in [3.63, 3.8) is 0 Å². The lowest BCUT2D eigenvalue weighted by Gasteiger charge is -2.14. The second-order valence-corrected chi connectivity index (χ2v) is 7.73. The third-order valence-corrected chi connectivity index (χ3v) is 5.63. The highest BCUT2D eigenvalue weighted by atomic mass is 16.3. The van der Waals surface area contributed by atoms with E-state index < -0.39 is 0 Å². The lowest BCUT2D eigenvalue weighted by atomic mass is 9.94. The second kappa shape index (κ2) is 9.35. The Morgan fingerprint density at radius 1 is 0.500 bits per heavy atom. The van der Waals surface area contributed by atoms with Crippen molar-refractivity contribution in [3.8, 4) is 17.2 Å². The molecule has 0 fully saturated rings. The molecule has 5 heteroatoms. The van der Waals surface area contributed by atoms with Gasteiger partial charge in [-0.15, -0.1) is 4.91 Å². The molecule has 0 amide bonds. The molecule has 4 aromatic carbocycles. The van der Waals surface area contributed by atoms with Gasteiger partial charge in [0.1, 0.15) is 22.9 Å². The predicted molar refractivity (Wildman–Crippen MR) is 125 cm³/mol. The molecule has 0 heterocycles. The Labute approximate surface area is 186 Å². The monoisotopic (exact) mass is 425 g/mol. The zero-order valence-electron chi connectivity index (χ0n) is 17.4. The number of nitroso groups, excluding NO2 is 1. The lowest BCUT2D eigenvalue weighted by molar-refractivity contribution is 0.455. The van der Waals surface area contributed by atoms with E-state index in [0.29, 0.717) is 47.2 Å². The third kappa shape index (κ3) is 4.47. The predicted octanol–water partition coefficient (Wildman–Crippen LogP) is 5.97. The Morgan fingerprint density at radius 3 is 1.44 bits per heavy atom. The van der Waals surface area contributed by atoms with Crippen LogP contribution in [0.25, 0.3) is 0 Å². The van der Waals surface area contributed by atoms with Crippen molar-refractivity contribution in [1.82, 2.24) is 0 Å². The highest BCUT2D eigenvalue weighted by Crippen LogP contribution is 2.33. The molecule has 0 bridgehead atoms. The van der Waals surface area contributed by atoms with E-state index in [0.717, 1.165) is 11.1 Å². The first-order chi connectivity index (χ1) is 15.6. The average Bonchev–Trinajstić information content (AvgIpc) is 2.81. The summed E-state index contributed by atoms with van der Waals surface area (Å²) in [7, 11) is 0. The minimum Gasteiger partial charge on any atom is -0.508 e. The van der Waals surface area contributed by atoms with Gasteiger partial charge in [0.05, 0.1) is 0 Å². The van der Waals surface area contributed by atoms with Crippen molar-refractivity contribution in [2.24, 2.45) is 5.18 Å². The van der Waals surface area contributed by atoms with Crippen LogP contribution in [0.1, 0.15) is 33.4 Å². The molecular formula is C27H23NO4. The van der Waals surface area contributed by atoms with Crippen LogP contribution in [0.3, 0.4) is 0 Å². The van der Waals surface area contributed by atoms with Crippen molar-refractivity contribution in [2.75, 3.05) is 0 Å². The molecule has 0 spiro atoms. The zero-order valence-corrected chi connectivity index (χ0v) is 17.4. The van der Waals surface area contributed by atoms with Crippen molar-refractivity contribution < 1.29 is 15.3 Å². The quantitative estimate of drug-likeness (QED) is 0.318. The number of hydrogen-bond acceptors (Lipinski definition) is 5. The van der Waals surface area contributed by atoms with Crippen LogP contribution >= 0.6 is 0 Å². The second-order valence-electron chi connectivity index (χ2n) is 7.73. The number of hydrogen-bond donors (Lipinski definition) is 3. The largest absolute Gasteiger partial charge is 0.508 e. The molecule has 0 radical (unpaired) electrons. The minimum absolute atomic E-state index is 0.138. The molecule has 0 aromatic heterocycles. The van der Waals surface area contributed by atoms with E-state index in [4.69, 9.17) is 0 Å². The van der Waals surface area contributed by atoms with Gasteiger partial charge < -0.3 is 15.3 Å². The van der Waals surface area contributed by atoms with Gasteiger partial charge in [-0.3, -0.25) is 0 Å². The van der Waals surface area contributed by atoms with Crippen LogP contribution in [0.5, 0.6) is 17.2 Å². The highest BCUT2D eigenvalue weighted by molar-refractivity contribution is 5.53. The molecule has 0 aliphatic carbocycles. The maximum absolute atomic E-state index is 11.1. The summed E-state index contributed by atoms with van der Waals surface area (Å²) in [6, 6.07) is 25.1. The normalized spacial score (nSPS) is 10.8. The number of nitrogens with zero attached hydrogens (tertiary/aromatic N) is 1. The molecule has 0 unspecified atom stereocenters. The highest BCUT2D eigenvalue weighted by Gasteiger charge is 2.14. The minimum atomic E-state index is 0.138. The summed E-state index contributed by atoms with van der Waals surface area (Å²) in [6.45, 7) is 0. The number of para-hydroxylation sites is 3. The van der Waals surface area contributed by atoms with E-state index in [2.05, 4.69) is 5.18 Å². The number of aromatic hydroxyl groups is 3. The van der Waals surface area contributed by atoms with Crippen LogP contribution < -0.4 is 0 Å². The standard InChI is InChI=1S/C27H23NO4/c29-25-14-4-2-8-19(25)16-21-10-6-12-23(27(21)31)17-22-11-5-9-20(26(22)30)15-18-7-1-3-13-24(18)28-32/h1-14,29-31H,15-17H2. The van der Waals surface area contributed by atoms with Gasteiger partial charge in [-0.05, 0) is 50.7 Å². The molecule has 160 valence electrons. The van der Waals surface area contributed by atoms with Gasteiger partial charge in [0.2, 0.25) is 0 Å². The number of phenolic OH excluding ortho intramolecular Hbond substituents is 3. The first-order valence-corrected chi connectivity index (χ1v) is 10.3. The maximum Gasteiger partial charge on any atom is 0.122 e.